The summed E-state index contributed by atoms with van der Waals surface area (Å²) in [5.41, 5.74) is 0.571. The van der Waals surface area contributed by atoms with E-state index in [0.29, 0.717) is 36.6 Å². The molecule has 0 unspecified atom stereocenters. The summed E-state index contributed by atoms with van der Waals surface area (Å²) < 4.78 is 21.8. The summed E-state index contributed by atoms with van der Waals surface area (Å²) in [6.45, 7) is 4.91. The summed E-state index contributed by atoms with van der Waals surface area (Å²) in [5.74, 6) is 1.16. The molecule has 11 nitrogen and oxygen atoms in total. The zero-order valence-electron chi connectivity index (χ0n) is 19.3. The van der Waals surface area contributed by atoms with Crippen LogP contribution in [-0.4, -0.2) is 93.0 Å². The third-order valence-corrected chi connectivity index (χ3v) is 6.23. The van der Waals surface area contributed by atoms with Crippen LogP contribution in [0.25, 0.3) is 0 Å². The lowest BCUT2D eigenvalue weighted by atomic mass is 9.97. The SMILES string of the molecule is O=C(C[C@@H]1CC[C@H](NC(=O)Nc2ccc3c(c2)OCO3)[C@@H](CO)O1)NCCCN1CCOCC1. The summed E-state index contributed by atoms with van der Waals surface area (Å²) in [6.07, 6.45) is 1.49. The molecule has 4 rings (SSSR count). The van der Waals surface area contributed by atoms with E-state index in [9.17, 15) is 14.7 Å². The van der Waals surface area contributed by atoms with Crippen molar-refractivity contribution in [1.82, 2.24) is 15.5 Å². The van der Waals surface area contributed by atoms with E-state index in [1.54, 1.807) is 18.2 Å². The topological polar surface area (TPSA) is 131 Å². The van der Waals surface area contributed by atoms with Gasteiger partial charge in [-0.1, -0.05) is 0 Å². The summed E-state index contributed by atoms with van der Waals surface area (Å²) in [5, 5.41) is 18.4. The molecule has 4 N–H and O–H groups in total. The molecular weight excluding hydrogens is 444 g/mol. The van der Waals surface area contributed by atoms with Gasteiger partial charge in [-0.3, -0.25) is 9.69 Å². The van der Waals surface area contributed by atoms with Crippen LogP contribution < -0.4 is 25.4 Å². The van der Waals surface area contributed by atoms with Gasteiger partial charge in [-0.05, 0) is 37.9 Å². The van der Waals surface area contributed by atoms with Gasteiger partial charge in [0, 0.05) is 31.4 Å². The second-order valence-corrected chi connectivity index (χ2v) is 8.69. The number of ether oxygens (including phenoxy) is 4. The Kier molecular flexibility index (Phi) is 8.80. The average Bonchev–Trinajstić information content (AvgIpc) is 3.31. The van der Waals surface area contributed by atoms with Gasteiger partial charge < -0.3 is 40.0 Å². The Morgan fingerprint density at radius 1 is 1.12 bits per heavy atom. The van der Waals surface area contributed by atoms with Crippen molar-refractivity contribution in [3.63, 3.8) is 0 Å². The van der Waals surface area contributed by atoms with E-state index in [2.05, 4.69) is 20.9 Å². The van der Waals surface area contributed by atoms with Crippen LogP contribution in [0.1, 0.15) is 25.7 Å². The number of rotatable bonds is 9. The number of nitrogens with zero attached hydrogens (tertiary/aromatic N) is 1. The molecule has 34 heavy (non-hydrogen) atoms. The highest BCUT2D eigenvalue weighted by molar-refractivity contribution is 5.90. The van der Waals surface area contributed by atoms with Crippen LogP contribution in [-0.2, 0) is 14.3 Å². The maximum Gasteiger partial charge on any atom is 0.319 e. The van der Waals surface area contributed by atoms with Gasteiger partial charge in [0.2, 0.25) is 12.7 Å². The number of carbonyl (C=O) groups excluding carboxylic acids is 2. The van der Waals surface area contributed by atoms with Crippen molar-refractivity contribution < 1.29 is 33.6 Å². The first kappa shape index (κ1) is 24.5. The average molecular weight is 479 g/mol. The minimum Gasteiger partial charge on any atom is -0.454 e. The Bertz CT molecular complexity index is 834. The lowest BCUT2D eigenvalue weighted by Crippen LogP contribution is -2.52. The quantitative estimate of drug-likeness (QED) is 0.381. The lowest BCUT2D eigenvalue weighted by Gasteiger charge is -2.36. The monoisotopic (exact) mass is 478 g/mol. The Morgan fingerprint density at radius 3 is 2.76 bits per heavy atom. The van der Waals surface area contributed by atoms with Gasteiger partial charge in [0.1, 0.15) is 6.10 Å². The summed E-state index contributed by atoms with van der Waals surface area (Å²) in [6, 6.07) is 4.40. The molecule has 0 bridgehead atoms. The Hall–Kier alpha value is -2.60. The molecule has 11 heteroatoms. The molecule has 1 aromatic carbocycles. The molecule has 0 saturated carbocycles. The number of hydrogen-bond donors (Lipinski definition) is 4. The number of nitrogens with one attached hydrogen (secondary N) is 3. The number of morpholine rings is 1. The predicted octanol–water partition coefficient (Wildman–Crippen LogP) is 0.674. The van der Waals surface area contributed by atoms with Crippen molar-refractivity contribution in [2.24, 2.45) is 0 Å². The maximum atomic E-state index is 12.5. The molecule has 3 amide bonds. The molecule has 3 aliphatic rings. The maximum absolute atomic E-state index is 12.5. The summed E-state index contributed by atoms with van der Waals surface area (Å²) >= 11 is 0. The number of carbonyl (C=O) groups is 2. The molecule has 2 saturated heterocycles. The molecule has 0 spiro atoms. The fraction of sp³-hybridized carbons (Fsp3) is 0.652. The van der Waals surface area contributed by atoms with Gasteiger partial charge in [-0.15, -0.1) is 0 Å². The first-order chi connectivity index (χ1) is 16.6. The summed E-state index contributed by atoms with van der Waals surface area (Å²) in [7, 11) is 0. The highest BCUT2D eigenvalue weighted by Gasteiger charge is 2.33. The van der Waals surface area contributed by atoms with Gasteiger partial charge in [0.15, 0.2) is 11.5 Å². The lowest BCUT2D eigenvalue weighted by molar-refractivity contribution is -0.130. The van der Waals surface area contributed by atoms with Crippen LogP contribution in [0, 0.1) is 0 Å². The second-order valence-electron chi connectivity index (χ2n) is 8.69. The van der Waals surface area contributed by atoms with Crippen molar-refractivity contribution in [3.05, 3.63) is 18.2 Å². The number of urea groups is 1. The standard InChI is InChI=1S/C23H34N4O7/c28-14-21-18(26-23(30)25-16-2-5-19-20(12-16)33-15-32-19)4-3-17(34-21)13-22(29)24-6-1-7-27-8-10-31-11-9-27/h2,5,12,17-18,21,28H,1,3-4,6-11,13-15H2,(H,24,29)(H2,25,26,30)/t17-,18-,21+/m0/s1. The number of aliphatic hydroxyl groups excluding tert-OH is 1. The van der Waals surface area contributed by atoms with Crippen molar-refractivity contribution in [2.45, 2.75) is 43.9 Å². The van der Waals surface area contributed by atoms with Crippen LogP contribution in [0.2, 0.25) is 0 Å². The molecule has 0 aliphatic carbocycles. The predicted molar refractivity (Wildman–Crippen MR) is 123 cm³/mol. The zero-order valence-corrected chi connectivity index (χ0v) is 19.3. The molecule has 2 fully saturated rings. The largest absolute Gasteiger partial charge is 0.454 e. The molecule has 3 aliphatic heterocycles. The molecular formula is C23H34N4O7. The fourth-order valence-electron chi connectivity index (χ4n) is 4.39. The first-order valence-electron chi connectivity index (χ1n) is 11.9. The highest BCUT2D eigenvalue weighted by atomic mass is 16.7. The number of aliphatic hydroxyl groups is 1. The van der Waals surface area contributed by atoms with E-state index in [4.69, 9.17) is 18.9 Å². The van der Waals surface area contributed by atoms with Gasteiger partial charge in [-0.2, -0.15) is 0 Å². The van der Waals surface area contributed by atoms with Crippen LogP contribution in [0.3, 0.4) is 0 Å². The fourth-order valence-corrected chi connectivity index (χ4v) is 4.39. The number of hydrogen-bond acceptors (Lipinski definition) is 8. The third-order valence-electron chi connectivity index (χ3n) is 6.23. The molecule has 0 radical (unpaired) electrons. The third kappa shape index (κ3) is 6.95. The minimum atomic E-state index is -0.574. The van der Waals surface area contributed by atoms with Crippen LogP contribution in [0.5, 0.6) is 11.5 Å². The van der Waals surface area contributed by atoms with Crippen LogP contribution in [0.4, 0.5) is 10.5 Å². The van der Waals surface area contributed by atoms with E-state index in [0.717, 1.165) is 39.3 Å². The van der Waals surface area contributed by atoms with Gasteiger partial charge in [-0.25, -0.2) is 4.79 Å². The van der Waals surface area contributed by atoms with E-state index >= 15 is 0 Å². The summed E-state index contributed by atoms with van der Waals surface area (Å²) in [4.78, 5) is 27.1. The van der Waals surface area contributed by atoms with Crippen molar-refractivity contribution in [2.75, 3.05) is 58.1 Å². The van der Waals surface area contributed by atoms with Gasteiger partial charge >= 0.3 is 6.03 Å². The normalized spacial score (nSPS) is 24.4. The molecule has 0 aromatic heterocycles. The van der Waals surface area contributed by atoms with Crippen LogP contribution >= 0.6 is 0 Å². The molecule has 3 atom stereocenters. The highest BCUT2D eigenvalue weighted by Crippen LogP contribution is 2.34. The molecule has 3 heterocycles. The second kappa shape index (κ2) is 12.2. The van der Waals surface area contributed by atoms with Gasteiger partial charge in [0.25, 0.3) is 0 Å². The Balaban J connectivity index is 1.15. The Labute approximate surface area is 199 Å². The van der Waals surface area contributed by atoms with Crippen LogP contribution in [0.15, 0.2) is 18.2 Å². The zero-order chi connectivity index (χ0) is 23.8. The molecule has 188 valence electrons. The Morgan fingerprint density at radius 2 is 1.94 bits per heavy atom. The minimum absolute atomic E-state index is 0.0596. The van der Waals surface area contributed by atoms with Gasteiger partial charge in [0.05, 0.1) is 38.4 Å². The van der Waals surface area contributed by atoms with Crippen molar-refractivity contribution in [1.29, 1.82) is 0 Å². The number of amides is 3. The van der Waals surface area contributed by atoms with E-state index < -0.39 is 12.1 Å². The number of anilines is 1. The van der Waals surface area contributed by atoms with E-state index in [1.807, 2.05) is 0 Å². The number of fused-ring (bicyclic) bond motifs is 1. The van der Waals surface area contributed by atoms with E-state index in [1.165, 1.54) is 0 Å². The smallest absolute Gasteiger partial charge is 0.319 e. The van der Waals surface area contributed by atoms with E-state index in [-0.39, 0.29) is 37.9 Å². The number of benzene rings is 1. The van der Waals surface area contributed by atoms with Crippen molar-refractivity contribution in [3.8, 4) is 11.5 Å². The molecule has 1 aromatic rings. The first-order valence-corrected chi connectivity index (χ1v) is 11.9. The van der Waals surface area contributed by atoms with Crippen molar-refractivity contribution >= 4 is 17.6 Å².